The van der Waals surface area contributed by atoms with Gasteiger partial charge in [-0.1, -0.05) is 0 Å². The van der Waals surface area contributed by atoms with E-state index in [-0.39, 0.29) is 34.8 Å². The van der Waals surface area contributed by atoms with Crippen molar-refractivity contribution in [3.8, 4) is 0 Å². The number of nitrogens with zero attached hydrogens (tertiary/aromatic N) is 2. The van der Waals surface area contributed by atoms with Crippen molar-refractivity contribution in [2.75, 3.05) is 5.32 Å². The lowest BCUT2D eigenvalue weighted by Crippen LogP contribution is -2.74. The largest absolute Gasteiger partial charge is 0.446 e. The number of pyridine rings is 1. The molecule has 1 amide bonds. The Morgan fingerprint density at radius 3 is 2.81 bits per heavy atom. The highest BCUT2D eigenvalue weighted by Crippen LogP contribution is 2.69. The summed E-state index contributed by atoms with van der Waals surface area (Å²) in [6.45, 7) is 0. The predicted octanol–water partition coefficient (Wildman–Crippen LogP) is 4.72. The quantitative estimate of drug-likeness (QED) is 0.610. The number of hydrogen-bond acceptors (Lipinski definition) is 5. The number of carbonyl (C=O) groups excluding carboxylic acids is 1. The maximum absolute atomic E-state index is 13.4. The van der Waals surface area contributed by atoms with Crippen LogP contribution in [0.2, 0.25) is 0 Å². The second-order valence-electron chi connectivity index (χ2n) is 9.88. The normalized spacial score (nSPS) is 33.8. The monoisotopic (exact) mass is 429 g/mol. The highest BCUT2D eigenvalue weighted by atomic mass is 19.3. The topological polar surface area (TPSA) is 91.9 Å². The average Bonchev–Trinajstić information content (AvgIpc) is 3.31. The van der Waals surface area contributed by atoms with Gasteiger partial charge in [0.25, 0.3) is 6.43 Å². The summed E-state index contributed by atoms with van der Waals surface area (Å²) < 4.78 is 32.6. The van der Waals surface area contributed by atoms with Crippen LogP contribution in [-0.4, -0.2) is 32.9 Å². The van der Waals surface area contributed by atoms with E-state index in [0.29, 0.717) is 23.6 Å². The summed E-state index contributed by atoms with van der Waals surface area (Å²) in [6, 6.07) is 5.14. The summed E-state index contributed by atoms with van der Waals surface area (Å²) in [5, 5.41) is 13.6. The van der Waals surface area contributed by atoms with Gasteiger partial charge in [0, 0.05) is 34.6 Å². The maximum atomic E-state index is 13.4. The van der Waals surface area contributed by atoms with Crippen molar-refractivity contribution in [1.82, 2.24) is 20.5 Å². The lowest BCUT2D eigenvalue weighted by molar-refractivity contribution is -0.154. The molecule has 2 aromatic rings. The number of hydrogen-bond donors (Lipinski definition) is 3. The molecule has 4 aliphatic carbocycles. The van der Waals surface area contributed by atoms with E-state index in [4.69, 9.17) is 4.74 Å². The molecule has 9 heteroatoms. The molecule has 2 atom stereocenters. The fourth-order valence-corrected chi connectivity index (χ4v) is 6.20. The number of nitrogens with one attached hydrogen (secondary N) is 3. The zero-order valence-electron chi connectivity index (χ0n) is 17.1. The van der Waals surface area contributed by atoms with Gasteiger partial charge in [-0.25, -0.2) is 13.6 Å². The summed E-state index contributed by atoms with van der Waals surface area (Å²) >= 11 is 0. The highest BCUT2D eigenvalue weighted by Gasteiger charge is 2.68. The fraction of sp³-hybridized carbons (Fsp3) is 0.591. The minimum atomic E-state index is -2.63. The third-order valence-electron chi connectivity index (χ3n) is 7.51. The first-order valence-electron chi connectivity index (χ1n) is 11.0. The molecule has 3 aliphatic heterocycles. The van der Waals surface area contributed by atoms with E-state index in [1.807, 2.05) is 12.1 Å². The summed E-state index contributed by atoms with van der Waals surface area (Å²) in [5.41, 5.74) is 2.02. The lowest BCUT2D eigenvalue weighted by atomic mass is 9.38. The summed E-state index contributed by atoms with van der Waals surface area (Å²) in [4.78, 5) is 16.6. The Kier molecular flexibility index (Phi) is 4.07. The first kappa shape index (κ1) is 19.0. The van der Waals surface area contributed by atoms with Crippen LogP contribution in [0, 0.1) is 5.41 Å². The molecule has 7 aliphatic rings. The Morgan fingerprint density at radius 2 is 2.00 bits per heavy atom. The van der Waals surface area contributed by atoms with E-state index in [1.54, 1.807) is 0 Å². The molecule has 8 bridgehead atoms. The molecule has 164 valence electrons. The predicted molar refractivity (Wildman–Crippen MR) is 108 cm³/mol. The van der Waals surface area contributed by atoms with Gasteiger partial charge in [-0.3, -0.25) is 10.1 Å². The van der Waals surface area contributed by atoms with Gasteiger partial charge in [0.1, 0.15) is 11.8 Å². The van der Waals surface area contributed by atoms with Gasteiger partial charge >= 0.3 is 6.09 Å². The minimum Gasteiger partial charge on any atom is -0.446 e. The summed E-state index contributed by atoms with van der Waals surface area (Å²) in [7, 11) is 0. The van der Waals surface area contributed by atoms with Crippen LogP contribution in [0.15, 0.2) is 18.2 Å². The molecule has 0 aromatic carbocycles. The molecular weight excluding hydrogens is 404 g/mol. The van der Waals surface area contributed by atoms with Crippen molar-refractivity contribution < 1.29 is 18.3 Å². The Morgan fingerprint density at radius 1 is 1.16 bits per heavy atom. The molecule has 0 radical (unpaired) electrons. The molecule has 31 heavy (non-hydrogen) atoms. The average molecular weight is 429 g/mol. The van der Waals surface area contributed by atoms with Crippen LogP contribution in [0.4, 0.5) is 25.1 Å². The van der Waals surface area contributed by atoms with Gasteiger partial charge < -0.3 is 15.4 Å². The van der Waals surface area contributed by atoms with Gasteiger partial charge in [-0.2, -0.15) is 5.10 Å². The van der Waals surface area contributed by atoms with E-state index in [2.05, 4.69) is 25.8 Å². The fourth-order valence-electron chi connectivity index (χ4n) is 6.20. The number of aryl methyl sites for hydroxylation is 1. The molecule has 3 N–H and O–H groups in total. The van der Waals surface area contributed by atoms with Crippen LogP contribution in [0.3, 0.4) is 0 Å². The van der Waals surface area contributed by atoms with E-state index in [1.165, 1.54) is 6.07 Å². The maximum Gasteiger partial charge on any atom is 0.407 e. The number of halogens is 2. The van der Waals surface area contributed by atoms with Crippen molar-refractivity contribution >= 4 is 17.6 Å². The van der Waals surface area contributed by atoms with Crippen molar-refractivity contribution in [3.63, 3.8) is 0 Å². The van der Waals surface area contributed by atoms with Gasteiger partial charge in [-0.05, 0) is 68.9 Å². The zero-order chi connectivity index (χ0) is 21.2. The molecule has 4 fully saturated rings. The second kappa shape index (κ2) is 6.64. The Bertz CT molecular complexity index is 1020. The van der Waals surface area contributed by atoms with Gasteiger partial charge in [0.2, 0.25) is 0 Å². The Hall–Kier alpha value is -2.71. The molecule has 4 saturated carbocycles. The Balaban J connectivity index is 1.30. The number of ether oxygens (including phenoxy) is 1. The van der Waals surface area contributed by atoms with Gasteiger partial charge in [0.05, 0.1) is 0 Å². The molecule has 9 rings (SSSR count). The van der Waals surface area contributed by atoms with Crippen LogP contribution in [0.25, 0.3) is 0 Å². The van der Waals surface area contributed by atoms with E-state index < -0.39 is 6.43 Å². The molecule has 7 nitrogen and oxygen atoms in total. The van der Waals surface area contributed by atoms with E-state index in [0.717, 1.165) is 50.6 Å². The number of alkyl halides is 2. The Labute approximate surface area is 178 Å². The van der Waals surface area contributed by atoms with Crippen LogP contribution in [-0.2, 0) is 11.2 Å². The van der Waals surface area contributed by atoms with Crippen molar-refractivity contribution in [2.24, 2.45) is 5.41 Å². The number of carbonyl (C=O) groups is 1. The third-order valence-corrected chi connectivity index (χ3v) is 7.51. The van der Waals surface area contributed by atoms with E-state index in [9.17, 15) is 13.6 Å². The summed E-state index contributed by atoms with van der Waals surface area (Å²) in [6.07, 6.45) is 3.72. The zero-order valence-corrected chi connectivity index (χ0v) is 17.1. The molecular formula is C22H25F2N5O2. The van der Waals surface area contributed by atoms with Crippen LogP contribution in [0.1, 0.15) is 74.4 Å². The van der Waals surface area contributed by atoms with Crippen molar-refractivity contribution in [2.45, 2.75) is 75.4 Å². The third kappa shape index (κ3) is 3.34. The number of H-pyrrole nitrogens is 1. The number of amides is 1. The molecule has 0 spiro atoms. The molecule has 0 unspecified atom stereocenters. The van der Waals surface area contributed by atoms with E-state index >= 15 is 0 Å². The lowest BCUT2D eigenvalue weighted by Gasteiger charge is -2.70. The first-order chi connectivity index (χ1) is 14.9. The van der Waals surface area contributed by atoms with Crippen molar-refractivity contribution in [3.05, 3.63) is 35.3 Å². The SMILES string of the molecule is O=C1NC23CC(CCc4cc(cc(C(F)F)n4)Nc4cc([nH]n4)[C@H]4CC[C@H](C4)O1)(C2)C3. The molecule has 0 saturated heterocycles. The van der Waals surface area contributed by atoms with Crippen LogP contribution in [0.5, 0.6) is 0 Å². The number of aromatic amines is 1. The highest BCUT2D eigenvalue weighted by molar-refractivity contribution is 5.69. The van der Waals surface area contributed by atoms with Crippen LogP contribution >= 0.6 is 0 Å². The molecule has 2 aromatic heterocycles. The standard InChI is InChI=1S/C22H25F2N5O2/c23-19(24)17-7-14-6-13(25-17)3-4-21-9-22(10-21,11-21)27-20(30)31-15-2-1-12(5-15)16-8-18(26-14)29-28-16/h6-8,12,15,19H,1-5,9-11H2,(H,27,30)(H2,26,28,29)/t12-,15+,21?,22?/m0/s1. The summed E-state index contributed by atoms with van der Waals surface area (Å²) in [5.74, 6) is 0.805. The molecule has 5 heterocycles. The smallest absolute Gasteiger partial charge is 0.407 e. The minimum absolute atomic E-state index is 0.0961. The number of alkyl carbamates (subject to hydrolysis) is 1. The van der Waals surface area contributed by atoms with Crippen molar-refractivity contribution in [1.29, 1.82) is 0 Å². The number of anilines is 2. The second-order valence-corrected chi connectivity index (χ2v) is 9.88. The number of rotatable bonds is 1. The first-order valence-corrected chi connectivity index (χ1v) is 11.0. The van der Waals surface area contributed by atoms with Gasteiger partial charge in [-0.15, -0.1) is 0 Å². The number of aromatic nitrogens is 3. The van der Waals surface area contributed by atoms with Crippen LogP contribution < -0.4 is 10.6 Å². The van der Waals surface area contributed by atoms with Gasteiger partial charge in [0.15, 0.2) is 5.82 Å².